The molecule has 0 heterocycles. The average molecular weight is 441 g/mol. The minimum Gasteiger partial charge on any atom is -0.508 e. The fourth-order valence-electron chi connectivity index (χ4n) is 3.59. The predicted octanol–water partition coefficient (Wildman–Crippen LogP) is 5.27. The average Bonchev–Trinajstić information content (AvgIpc) is 2.72. The van der Waals surface area contributed by atoms with E-state index in [1.54, 1.807) is 18.2 Å². The van der Waals surface area contributed by atoms with Gasteiger partial charge in [-0.05, 0) is 63.4 Å². The molecule has 2 amide bonds. The molecule has 7 heteroatoms. The van der Waals surface area contributed by atoms with Crippen LogP contribution in [0.5, 0.6) is 17.2 Å². The van der Waals surface area contributed by atoms with Gasteiger partial charge >= 0.3 is 6.09 Å². The van der Waals surface area contributed by atoms with E-state index in [1.807, 2.05) is 32.9 Å². The van der Waals surface area contributed by atoms with Gasteiger partial charge in [0.15, 0.2) is 0 Å². The summed E-state index contributed by atoms with van der Waals surface area (Å²) in [6, 6.07) is 11.9. The van der Waals surface area contributed by atoms with Crippen molar-refractivity contribution in [3.05, 3.63) is 53.6 Å². The molecule has 1 aliphatic carbocycles. The third-order valence-corrected chi connectivity index (χ3v) is 5.09. The van der Waals surface area contributed by atoms with Crippen molar-refractivity contribution in [2.24, 2.45) is 0 Å². The van der Waals surface area contributed by atoms with Crippen molar-refractivity contribution in [2.45, 2.75) is 71.1 Å². The van der Waals surface area contributed by atoms with Gasteiger partial charge in [0.25, 0.3) is 5.91 Å². The van der Waals surface area contributed by atoms with Crippen LogP contribution in [-0.2, 0) is 11.3 Å². The highest BCUT2D eigenvalue weighted by molar-refractivity contribution is 5.95. The SMILES string of the molecule is CC(C)(C)OC(=O)NCc1ccc(Oc2cc(O)cc(C(=O)NC3CCCCC3)c2)cc1. The zero-order valence-corrected chi connectivity index (χ0v) is 18.9. The Bertz CT molecular complexity index is 928. The smallest absolute Gasteiger partial charge is 0.407 e. The molecule has 0 radical (unpaired) electrons. The summed E-state index contributed by atoms with van der Waals surface area (Å²) in [5.41, 5.74) is 0.699. The van der Waals surface area contributed by atoms with E-state index >= 15 is 0 Å². The Labute approximate surface area is 189 Å². The summed E-state index contributed by atoms with van der Waals surface area (Å²) in [4.78, 5) is 24.4. The number of benzene rings is 2. The summed E-state index contributed by atoms with van der Waals surface area (Å²) in [5, 5.41) is 15.8. The van der Waals surface area contributed by atoms with Crippen LogP contribution in [0.15, 0.2) is 42.5 Å². The van der Waals surface area contributed by atoms with Crippen LogP contribution in [-0.4, -0.2) is 28.7 Å². The highest BCUT2D eigenvalue weighted by Gasteiger charge is 2.18. The van der Waals surface area contributed by atoms with Gasteiger partial charge in [-0.3, -0.25) is 4.79 Å². The number of carbonyl (C=O) groups excluding carboxylic acids is 2. The number of carbonyl (C=O) groups is 2. The Balaban J connectivity index is 1.58. The largest absolute Gasteiger partial charge is 0.508 e. The van der Waals surface area contributed by atoms with Gasteiger partial charge in [0.2, 0.25) is 0 Å². The Morgan fingerprint density at radius 1 is 1.00 bits per heavy atom. The van der Waals surface area contributed by atoms with E-state index in [0.717, 1.165) is 31.2 Å². The molecular weight excluding hydrogens is 408 g/mol. The van der Waals surface area contributed by atoms with Gasteiger partial charge in [-0.1, -0.05) is 31.4 Å². The standard InChI is InChI=1S/C25H32N2O5/c1-25(2,3)32-24(30)26-16-17-9-11-21(12-10-17)31-22-14-18(13-20(28)15-22)23(29)27-19-7-5-4-6-8-19/h9-15,19,28H,4-8,16H2,1-3H3,(H,26,30)(H,27,29). The number of phenolic OH excluding ortho intramolecular Hbond substituents is 1. The molecule has 0 aliphatic heterocycles. The highest BCUT2D eigenvalue weighted by atomic mass is 16.6. The summed E-state index contributed by atoms with van der Waals surface area (Å²) in [5.74, 6) is 0.685. The van der Waals surface area contributed by atoms with E-state index in [2.05, 4.69) is 10.6 Å². The Morgan fingerprint density at radius 2 is 1.69 bits per heavy atom. The molecule has 0 saturated heterocycles. The maximum atomic E-state index is 12.6. The number of nitrogens with one attached hydrogen (secondary N) is 2. The molecule has 1 saturated carbocycles. The van der Waals surface area contributed by atoms with Crippen LogP contribution in [0.4, 0.5) is 4.79 Å². The van der Waals surface area contributed by atoms with Crippen molar-refractivity contribution in [2.75, 3.05) is 0 Å². The van der Waals surface area contributed by atoms with Crippen molar-refractivity contribution in [3.63, 3.8) is 0 Å². The first-order chi connectivity index (χ1) is 15.2. The fourth-order valence-corrected chi connectivity index (χ4v) is 3.59. The molecule has 0 atom stereocenters. The van der Waals surface area contributed by atoms with Crippen molar-refractivity contribution in [1.29, 1.82) is 0 Å². The molecule has 0 aromatic heterocycles. The second kappa shape index (κ2) is 10.4. The number of phenols is 1. The number of aromatic hydroxyl groups is 1. The third-order valence-electron chi connectivity index (χ3n) is 5.09. The Morgan fingerprint density at radius 3 is 2.34 bits per heavy atom. The van der Waals surface area contributed by atoms with Crippen molar-refractivity contribution >= 4 is 12.0 Å². The van der Waals surface area contributed by atoms with Crippen LogP contribution >= 0.6 is 0 Å². The van der Waals surface area contributed by atoms with Gasteiger partial charge in [0.05, 0.1) is 0 Å². The summed E-state index contributed by atoms with van der Waals surface area (Å²) in [7, 11) is 0. The lowest BCUT2D eigenvalue weighted by atomic mass is 9.95. The highest BCUT2D eigenvalue weighted by Crippen LogP contribution is 2.27. The van der Waals surface area contributed by atoms with E-state index < -0.39 is 11.7 Å². The number of hydrogen-bond acceptors (Lipinski definition) is 5. The molecule has 1 aliphatic rings. The fraction of sp³-hybridized carbons (Fsp3) is 0.440. The number of rotatable bonds is 6. The monoisotopic (exact) mass is 440 g/mol. The lowest BCUT2D eigenvalue weighted by Crippen LogP contribution is -2.36. The van der Waals surface area contributed by atoms with Gasteiger partial charge in [-0.2, -0.15) is 0 Å². The molecule has 32 heavy (non-hydrogen) atoms. The summed E-state index contributed by atoms with van der Waals surface area (Å²) >= 11 is 0. The number of ether oxygens (including phenoxy) is 2. The lowest BCUT2D eigenvalue weighted by molar-refractivity contribution is 0.0523. The predicted molar refractivity (Wildman–Crippen MR) is 122 cm³/mol. The maximum absolute atomic E-state index is 12.6. The van der Waals surface area contributed by atoms with Gasteiger partial charge in [-0.25, -0.2) is 4.79 Å². The van der Waals surface area contributed by atoms with Crippen molar-refractivity contribution in [3.8, 4) is 17.2 Å². The van der Waals surface area contributed by atoms with Gasteiger partial charge in [0.1, 0.15) is 22.8 Å². The molecule has 0 spiro atoms. The first kappa shape index (κ1) is 23.4. The molecular formula is C25H32N2O5. The molecule has 2 aromatic carbocycles. The third kappa shape index (κ3) is 7.48. The van der Waals surface area contributed by atoms with E-state index in [4.69, 9.17) is 9.47 Å². The molecule has 2 aromatic rings. The topological polar surface area (TPSA) is 96.9 Å². The summed E-state index contributed by atoms with van der Waals surface area (Å²) in [6.07, 6.45) is 4.97. The number of amides is 2. The molecule has 0 unspecified atom stereocenters. The lowest BCUT2D eigenvalue weighted by Gasteiger charge is -2.22. The maximum Gasteiger partial charge on any atom is 0.407 e. The molecule has 0 bridgehead atoms. The minimum atomic E-state index is -0.546. The zero-order chi connectivity index (χ0) is 23.1. The minimum absolute atomic E-state index is 0.0329. The van der Waals surface area contributed by atoms with E-state index in [1.165, 1.54) is 18.6 Å². The van der Waals surface area contributed by atoms with Gasteiger partial charge in [-0.15, -0.1) is 0 Å². The molecule has 3 rings (SSSR count). The molecule has 7 nitrogen and oxygen atoms in total. The first-order valence-corrected chi connectivity index (χ1v) is 11.1. The molecule has 1 fully saturated rings. The van der Waals surface area contributed by atoms with Crippen LogP contribution < -0.4 is 15.4 Å². The first-order valence-electron chi connectivity index (χ1n) is 11.1. The van der Waals surface area contributed by atoms with Crippen molar-refractivity contribution in [1.82, 2.24) is 10.6 Å². The van der Waals surface area contributed by atoms with Gasteiger partial charge in [0, 0.05) is 24.2 Å². The van der Waals surface area contributed by atoms with Crippen LogP contribution in [0.1, 0.15) is 68.8 Å². The number of alkyl carbamates (subject to hydrolysis) is 1. The molecule has 3 N–H and O–H groups in total. The Hall–Kier alpha value is -3.22. The molecule has 172 valence electrons. The zero-order valence-electron chi connectivity index (χ0n) is 18.9. The Kier molecular flexibility index (Phi) is 7.62. The summed E-state index contributed by atoms with van der Waals surface area (Å²) in [6.45, 7) is 5.76. The normalized spacial score (nSPS) is 14.5. The quantitative estimate of drug-likeness (QED) is 0.568. The second-order valence-corrected chi connectivity index (χ2v) is 9.13. The van der Waals surface area contributed by atoms with E-state index in [0.29, 0.717) is 23.6 Å². The van der Waals surface area contributed by atoms with Crippen molar-refractivity contribution < 1.29 is 24.2 Å². The number of hydrogen-bond donors (Lipinski definition) is 3. The summed E-state index contributed by atoms with van der Waals surface area (Å²) < 4.78 is 11.1. The van der Waals surface area contributed by atoms with Crippen LogP contribution in [0.3, 0.4) is 0 Å². The van der Waals surface area contributed by atoms with Crippen LogP contribution in [0.25, 0.3) is 0 Å². The van der Waals surface area contributed by atoms with Crippen LogP contribution in [0.2, 0.25) is 0 Å². The van der Waals surface area contributed by atoms with Crippen LogP contribution in [0, 0.1) is 0 Å². The second-order valence-electron chi connectivity index (χ2n) is 9.13. The van der Waals surface area contributed by atoms with E-state index in [9.17, 15) is 14.7 Å². The van der Waals surface area contributed by atoms with Gasteiger partial charge < -0.3 is 25.2 Å². The van der Waals surface area contributed by atoms with E-state index in [-0.39, 0.29) is 17.7 Å².